The topological polar surface area (TPSA) is 125 Å². The van der Waals surface area contributed by atoms with E-state index in [9.17, 15) is 18.5 Å². The summed E-state index contributed by atoms with van der Waals surface area (Å²) in [6.45, 7) is 6.34. The minimum atomic E-state index is -3.81. The summed E-state index contributed by atoms with van der Waals surface area (Å²) in [6.07, 6.45) is 1.32. The average Bonchev–Trinajstić information content (AvgIpc) is 2.61. The number of nitriles is 1. The average molecular weight is 398 g/mol. The number of hydrogen-bond acceptors (Lipinski definition) is 5. The summed E-state index contributed by atoms with van der Waals surface area (Å²) in [4.78, 5) is 12.2. The molecular formula is C20H22N4O3S. The molecule has 8 heteroatoms. The van der Waals surface area contributed by atoms with Gasteiger partial charge in [-0.1, -0.05) is 32.9 Å². The number of sulfonamides is 1. The minimum absolute atomic E-state index is 0.0326. The summed E-state index contributed by atoms with van der Waals surface area (Å²) in [5.74, 6) is -0.621. The van der Waals surface area contributed by atoms with Gasteiger partial charge in [0.2, 0.25) is 10.0 Å². The molecule has 0 fully saturated rings. The Morgan fingerprint density at radius 1 is 1.04 bits per heavy atom. The van der Waals surface area contributed by atoms with E-state index in [-0.39, 0.29) is 15.9 Å². The van der Waals surface area contributed by atoms with E-state index in [1.165, 1.54) is 36.0 Å². The van der Waals surface area contributed by atoms with E-state index < -0.39 is 15.9 Å². The monoisotopic (exact) mass is 398 g/mol. The number of anilines is 2. The Morgan fingerprint density at radius 2 is 1.57 bits per heavy atom. The molecule has 0 unspecified atom stereocenters. The van der Waals surface area contributed by atoms with E-state index in [2.05, 4.69) is 31.4 Å². The molecule has 28 heavy (non-hydrogen) atoms. The van der Waals surface area contributed by atoms with E-state index >= 15 is 0 Å². The van der Waals surface area contributed by atoms with Crippen LogP contribution in [0.5, 0.6) is 0 Å². The van der Waals surface area contributed by atoms with Crippen molar-refractivity contribution in [1.82, 2.24) is 0 Å². The molecule has 0 heterocycles. The van der Waals surface area contributed by atoms with Crippen molar-refractivity contribution in [3.8, 4) is 6.07 Å². The molecule has 0 saturated carbocycles. The van der Waals surface area contributed by atoms with Crippen molar-refractivity contribution in [2.75, 3.05) is 10.6 Å². The van der Waals surface area contributed by atoms with Crippen LogP contribution in [-0.2, 0) is 20.2 Å². The quantitative estimate of drug-likeness (QED) is 0.527. The zero-order valence-corrected chi connectivity index (χ0v) is 16.7. The lowest BCUT2D eigenvalue weighted by atomic mass is 9.87. The Bertz CT molecular complexity index is 1030. The molecule has 2 rings (SSSR count). The maximum Gasteiger partial charge on any atom is 0.267 e. The van der Waals surface area contributed by atoms with Crippen LogP contribution in [0.25, 0.3) is 0 Å². The van der Waals surface area contributed by atoms with Gasteiger partial charge < -0.3 is 10.6 Å². The van der Waals surface area contributed by atoms with Gasteiger partial charge in [-0.3, -0.25) is 4.79 Å². The lowest BCUT2D eigenvalue weighted by Gasteiger charge is -2.19. The van der Waals surface area contributed by atoms with Gasteiger partial charge in [0, 0.05) is 17.6 Å². The van der Waals surface area contributed by atoms with E-state index in [1.807, 2.05) is 30.3 Å². The van der Waals surface area contributed by atoms with E-state index in [1.54, 1.807) is 0 Å². The first-order valence-electron chi connectivity index (χ1n) is 8.42. The number of carbonyl (C=O) groups excluding carboxylic acids is 1. The van der Waals surface area contributed by atoms with Crippen molar-refractivity contribution >= 4 is 27.3 Å². The van der Waals surface area contributed by atoms with E-state index in [4.69, 9.17) is 5.14 Å². The van der Waals surface area contributed by atoms with E-state index in [0.29, 0.717) is 5.69 Å². The number of carbonyl (C=O) groups is 1. The number of hydrogen-bond donors (Lipinski definition) is 3. The van der Waals surface area contributed by atoms with Crippen LogP contribution in [0.4, 0.5) is 11.4 Å². The summed E-state index contributed by atoms with van der Waals surface area (Å²) in [5.41, 5.74) is 2.16. The second-order valence-corrected chi connectivity index (χ2v) is 8.73. The number of nitrogens with two attached hydrogens (primary N) is 1. The number of nitrogens with one attached hydrogen (secondary N) is 2. The molecule has 7 nitrogen and oxygen atoms in total. The van der Waals surface area contributed by atoms with Crippen molar-refractivity contribution in [2.24, 2.45) is 5.14 Å². The zero-order valence-electron chi connectivity index (χ0n) is 15.9. The van der Waals surface area contributed by atoms with Crippen molar-refractivity contribution < 1.29 is 13.2 Å². The normalized spacial score (nSPS) is 12.2. The number of primary sulfonamides is 1. The Hall–Kier alpha value is -3.15. The van der Waals surface area contributed by atoms with Crippen LogP contribution in [0.1, 0.15) is 26.3 Å². The third-order valence-corrected chi connectivity index (χ3v) is 4.87. The molecule has 146 valence electrons. The molecule has 2 aromatic rings. The summed E-state index contributed by atoms with van der Waals surface area (Å²) in [7, 11) is -3.81. The van der Waals surface area contributed by atoms with Crippen LogP contribution in [0, 0.1) is 11.3 Å². The molecular weight excluding hydrogens is 376 g/mol. The highest BCUT2D eigenvalue weighted by Gasteiger charge is 2.13. The highest BCUT2D eigenvalue weighted by atomic mass is 32.2. The van der Waals surface area contributed by atoms with Crippen molar-refractivity contribution in [1.29, 1.82) is 5.26 Å². The maximum absolute atomic E-state index is 12.2. The molecule has 2 aromatic carbocycles. The van der Waals surface area contributed by atoms with Gasteiger partial charge in [-0.2, -0.15) is 5.26 Å². The first kappa shape index (κ1) is 21.2. The SMILES string of the molecule is CC(C)(C)c1ccc(N/C=C(/C#N)C(=O)Nc2ccc(S(N)(=O)=O)cc2)cc1. The predicted octanol–water partition coefficient (Wildman–Crippen LogP) is 3.09. The highest BCUT2D eigenvalue weighted by Crippen LogP contribution is 2.23. The molecule has 0 aliphatic rings. The summed E-state index contributed by atoms with van der Waals surface area (Å²) in [6, 6.07) is 14.9. The van der Waals surface area contributed by atoms with Crippen LogP contribution in [0.2, 0.25) is 0 Å². The van der Waals surface area contributed by atoms with Crippen molar-refractivity contribution in [3.63, 3.8) is 0 Å². The molecule has 4 N–H and O–H groups in total. The second kappa shape index (κ2) is 8.25. The van der Waals surface area contributed by atoms with Gasteiger partial charge in [0.15, 0.2) is 0 Å². The number of benzene rings is 2. The molecule has 0 aromatic heterocycles. The number of rotatable bonds is 5. The number of nitrogens with zero attached hydrogens (tertiary/aromatic N) is 1. The van der Waals surface area contributed by atoms with Gasteiger partial charge in [-0.25, -0.2) is 13.6 Å². The first-order chi connectivity index (χ1) is 13.0. The Balaban J connectivity index is 2.07. The first-order valence-corrected chi connectivity index (χ1v) is 9.97. The van der Waals surface area contributed by atoms with Crippen LogP contribution in [-0.4, -0.2) is 14.3 Å². The largest absolute Gasteiger partial charge is 0.360 e. The smallest absolute Gasteiger partial charge is 0.267 e. The van der Waals surface area contributed by atoms with Crippen LogP contribution in [0.15, 0.2) is 65.2 Å². The zero-order chi connectivity index (χ0) is 20.9. The van der Waals surface area contributed by atoms with Gasteiger partial charge in [-0.15, -0.1) is 0 Å². The second-order valence-electron chi connectivity index (χ2n) is 7.17. The molecule has 0 bridgehead atoms. The fourth-order valence-corrected chi connectivity index (χ4v) is 2.81. The number of amides is 1. The fraction of sp³-hybridized carbons (Fsp3) is 0.200. The predicted molar refractivity (Wildman–Crippen MR) is 109 cm³/mol. The lowest BCUT2D eigenvalue weighted by Crippen LogP contribution is -2.15. The molecule has 1 amide bonds. The molecule has 0 radical (unpaired) electrons. The molecule has 0 spiro atoms. The van der Waals surface area contributed by atoms with Gasteiger partial charge in [0.25, 0.3) is 5.91 Å². The van der Waals surface area contributed by atoms with Gasteiger partial charge in [0.1, 0.15) is 11.6 Å². The van der Waals surface area contributed by atoms with Crippen LogP contribution >= 0.6 is 0 Å². The molecule has 0 atom stereocenters. The highest BCUT2D eigenvalue weighted by molar-refractivity contribution is 7.89. The summed E-state index contributed by atoms with van der Waals surface area (Å²) >= 11 is 0. The Kier molecular flexibility index (Phi) is 6.23. The Morgan fingerprint density at radius 3 is 2.04 bits per heavy atom. The van der Waals surface area contributed by atoms with Gasteiger partial charge >= 0.3 is 0 Å². The summed E-state index contributed by atoms with van der Waals surface area (Å²) in [5, 5.41) is 19.7. The fourth-order valence-electron chi connectivity index (χ4n) is 2.30. The molecule has 0 aliphatic heterocycles. The standard InChI is InChI=1S/C20H22N4O3S/c1-20(2,3)15-4-6-16(7-5-15)23-13-14(12-21)19(25)24-17-8-10-18(11-9-17)28(22,26)27/h4-11,13,23H,1-3H3,(H,24,25)(H2,22,26,27)/b14-13-. The van der Waals surface area contributed by atoms with Gasteiger partial charge in [0.05, 0.1) is 4.90 Å². The van der Waals surface area contributed by atoms with Crippen LogP contribution < -0.4 is 15.8 Å². The minimum Gasteiger partial charge on any atom is -0.360 e. The maximum atomic E-state index is 12.2. The van der Waals surface area contributed by atoms with Gasteiger partial charge in [-0.05, 0) is 47.4 Å². The van der Waals surface area contributed by atoms with Crippen molar-refractivity contribution in [2.45, 2.75) is 31.1 Å². The van der Waals surface area contributed by atoms with E-state index in [0.717, 1.165) is 5.69 Å². The molecule has 0 aliphatic carbocycles. The van der Waals surface area contributed by atoms with Crippen molar-refractivity contribution in [3.05, 3.63) is 65.9 Å². The third-order valence-electron chi connectivity index (χ3n) is 3.94. The Labute approximate surface area is 164 Å². The lowest BCUT2D eigenvalue weighted by molar-refractivity contribution is -0.112. The molecule has 0 saturated heterocycles. The third kappa shape index (κ3) is 5.67. The van der Waals surface area contributed by atoms with Crippen LogP contribution in [0.3, 0.4) is 0 Å². The summed E-state index contributed by atoms with van der Waals surface area (Å²) < 4.78 is 22.5.